The van der Waals surface area contributed by atoms with Crippen molar-refractivity contribution in [1.82, 2.24) is 0 Å². The Morgan fingerprint density at radius 2 is 2.20 bits per heavy atom. The van der Waals surface area contributed by atoms with E-state index in [0.29, 0.717) is 17.9 Å². The highest BCUT2D eigenvalue weighted by atomic mass is 35.5. The second-order valence-electron chi connectivity index (χ2n) is 4.60. The number of carbonyl (C=O) groups is 1. The third-order valence-electron chi connectivity index (χ3n) is 3.27. The Hall–Kier alpha value is -1.27. The molecular weight excluding hydrogens is 300 g/mol. The molecule has 0 atom stereocenters. The third kappa shape index (κ3) is 3.07. The summed E-state index contributed by atoms with van der Waals surface area (Å²) in [5.74, 6) is -0.383. The van der Waals surface area contributed by atoms with Crippen LogP contribution in [0.1, 0.15) is 18.9 Å². The third-order valence-corrected chi connectivity index (χ3v) is 5.29. The van der Waals surface area contributed by atoms with E-state index in [4.69, 9.17) is 11.6 Å². The predicted molar refractivity (Wildman–Crippen MR) is 80.9 cm³/mol. The normalized spacial score (nSPS) is 14.8. The molecule has 0 saturated heterocycles. The Labute approximate surface area is 124 Å². The van der Waals surface area contributed by atoms with Crippen molar-refractivity contribution in [3.63, 3.8) is 0 Å². The van der Waals surface area contributed by atoms with Crippen LogP contribution in [0.25, 0.3) is 0 Å². The van der Waals surface area contributed by atoms with Crippen molar-refractivity contribution in [2.75, 3.05) is 27.8 Å². The first-order valence-corrected chi connectivity index (χ1v) is 8.61. The van der Waals surface area contributed by atoms with Gasteiger partial charge in [-0.05, 0) is 37.5 Å². The molecule has 0 saturated carbocycles. The topological polar surface area (TPSA) is 66.5 Å². The first kappa shape index (κ1) is 15.1. The molecule has 0 bridgehead atoms. The minimum absolute atomic E-state index is 0.0602. The molecule has 0 aromatic heterocycles. The highest BCUT2D eigenvalue weighted by Crippen LogP contribution is 2.32. The Kier molecular flexibility index (Phi) is 4.55. The number of alkyl halides is 1. The summed E-state index contributed by atoms with van der Waals surface area (Å²) in [6.07, 6.45) is 1.65. The van der Waals surface area contributed by atoms with Crippen LogP contribution in [0.15, 0.2) is 18.2 Å². The minimum Gasteiger partial charge on any atom is -0.325 e. The first-order valence-electron chi connectivity index (χ1n) is 6.47. The number of anilines is 2. The molecule has 7 heteroatoms. The van der Waals surface area contributed by atoms with E-state index in [0.717, 1.165) is 18.4 Å². The number of hydrogen-bond acceptors (Lipinski definition) is 3. The van der Waals surface area contributed by atoms with Gasteiger partial charge in [-0.25, -0.2) is 8.42 Å². The lowest BCUT2D eigenvalue weighted by molar-refractivity contribution is -0.113. The number of fused-ring (bicyclic) bond motifs is 1. The second kappa shape index (κ2) is 6.01. The Morgan fingerprint density at radius 3 is 2.85 bits per heavy atom. The smallest absolute Gasteiger partial charge is 0.239 e. The molecule has 20 heavy (non-hydrogen) atoms. The number of aryl methyl sites for hydroxylation is 1. The maximum Gasteiger partial charge on any atom is 0.239 e. The summed E-state index contributed by atoms with van der Waals surface area (Å²) in [6, 6.07) is 5.33. The Balaban J connectivity index is 2.39. The van der Waals surface area contributed by atoms with Gasteiger partial charge in [-0.2, -0.15) is 0 Å². The molecule has 0 radical (unpaired) electrons. The number of amides is 1. The van der Waals surface area contributed by atoms with Crippen LogP contribution >= 0.6 is 11.6 Å². The van der Waals surface area contributed by atoms with Gasteiger partial charge in [0.15, 0.2) is 0 Å². The van der Waals surface area contributed by atoms with E-state index < -0.39 is 10.0 Å². The monoisotopic (exact) mass is 316 g/mol. The van der Waals surface area contributed by atoms with Crippen molar-refractivity contribution in [3.05, 3.63) is 23.8 Å². The van der Waals surface area contributed by atoms with Crippen LogP contribution in [0, 0.1) is 0 Å². The van der Waals surface area contributed by atoms with Crippen LogP contribution in [0.2, 0.25) is 0 Å². The standard InChI is InChI=1S/C13H17ClN2O3S/c1-2-20(18,19)16-7-3-4-10-5-6-11(8-12(10)16)15-13(17)9-14/h5-6,8H,2-4,7,9H2,1H3,(H,15,17). The first-order chi connectivity index (χ1) is 9.47. The van der Waals surface area contributed by atoms with Gasteiger partial charge in [0, 0.05) is 12.2 Å². The molecule has 1 heterocycles. The highest BCUT2D eigenvalue weighted by molar-refractivity contribution is 7.92. The average molecular weight is 317 g/mol. The molecule has 1 aliphatic heterocycles. The van der Waals surface area contributed by atoms with Crippen LogP contribution in [0.4, 0.5) is 11.4 Å². The fourth-order valence-corrected chi connectivity index (χ4v) is 3.51. The van der Waals surface area contributed by atoms with Gasteiger partial charge in [-0.1, -0.05) is 6.07 Å². The van der Waals surface area contributed by atoms with E-state index in [1.54, 1.807) is 19.1 Å². The van der Waals surface area contributed by atoms with Gasteiger partial charge in [0.05, 0.1) is 11.4 Å². The van der Waals surface area contributed by atoms with E-state index in [2.05, 4.69) is 5.32 Å². The van der Waals surface area contributed by atoms with Crippen molar-refractivity contribution in [2.24, 2.45) is 0 Å². The molecule has 0 unspecified atom stereocenters. The van der Waals surface area contributed by atoms with Gasteiger partial charge in [0.2, 0.25) is 15.9 Å². The van der Waals surface area contributed by atoms with Gasteiger partial charge in [-0.15, -0.1) is 11.6 Å². The van der Waals surface area contributed by atoms with Gasteiger partial charge in [0.1, 0.15) is 5.88 Å². The van der Waals surface area contributed by atoms with E-state index >= 15 is 0 Å². The van der Waals surface area contributed by atoms with Crippen molar-refractivity contribution < 1.29 is 13.2 Å². The Bertz CT molecular complexity index is 616. The molecule has 0 fully saturated rings. The van der Waals surface area contributed by atoms with Crippen molar-refractivity contribution >= 4 is 38.9 Å². The number of benzene rings is 1. The minimum atomic E-state index is -3.29. The molecule has 1 amide bonds. The van der Waals surface area contributed by atoms with E-state index in [9.17, 15) is 13.2 Å². The molecule has 5 nitrogen and oxygen atoms in total. The number of hydrogen-bond donors (Lipinski definition) is 1. The summed E-state index contributed by atoms with van der Waals surface area (Å²) in [5, 5.41) is 2.64. The quantitative estimate of drug-likeness (QED) is 0.864. The second-order valence-corrected chi connectivity index (χ2v) is 7.05. The summed E-state index contributed by atoms with van der Waals surface area (Å²) in [6.45, 7) is 2.11. The molecule has 1 aliphatic rings. The van der Waals surface area contributed by atoms with Gasteiger partial charge >= 0.3 is 0 Å². The van der Waals surface area contributed by atoms with Crippen molar-refractivity contribution in [2.45, 2.75) is 19.8 Å². The molecule has 110 valence electrons. The fraction of sp³-hybridized carbons (Fsp3) is 0.462. The SMILES string of the molecule is CCS(=O)(=O)N1CCCc2ccc(NC(=O)CCl)cc21. The van der Waals surface area contributed by atoms with E-state index in [-0.39, 0.29) is 17.5 Å². The molecule has 1 aromatic carbocycles. The number of nitrogens with zero attached hydrogens (tertiary/aromatic N) is 1. The van der Waals surface area contributed by atoms with Gasteiger partial charge in [0.25, 0.3) is 0 Å². The van der Waals surface area contributed by atoms with Crippen LogP contribution in [-0.2, 0) is 21.2 Å². The number of halogens is 1. The van der Waals surface area contributed by atoms with Crippen LogP contribution in [0.5, 0.6) is 0 Å². The molecule has 2 rings (SSSR count). The molecular formula is C13H17ClN2O3S. The number of sulfonamides is 1. The molecule has 1 N–H and O–H groups in total. The summed E-state index contributed by atoms with van der Waals surface area (Å²) in [4.78, 5) is 11.3. The zero-order chi connectivity index (χ0) is 14.8. The summed E-state index contributed by atoms with van der Waals surface area (Å²) in [7, 11) is -3.29. The highest BCUT2D eigenvalue weighted by Gasteiger charge is 2.26. The van der Waals surface area contributed by atoms with Gasteiger partial charge in [-0.3, -0.25) is 9.10 Å². The summed E-state index contributed by atoms with van der Waals surface area (Å²) < 4.78 is 25.7. The Morgan fingerprint density at radius 1 is 1.45 bits per heavy atom. The zero-order valence-corrected chi connectivity index (χ0v) is 12.8. The number of carbonyl (C=O) groups excluding carboxylic acids is 1. The van der Waals surface area contributed by atoms with E-state index in [1.165, 1.54) is 4.31 Å². The number of nitrogens with one attached hydrogen (secondary N) is 1. The predicted octanol–water partition coefficient (Wildman–Crippen LogP) is 1.97. The lowest BCUT2D eigenvalue weighted by Gasteiger charge is -2.30. The zero-order valence-electron chi connectivity index (χ0n) is 11.2. The maximum absolute atomic E-state index is 12.1. The van der Waals surface area contributed by atoms with E-state index in [1.807, 2.05) is 6.07 Å². The average Bonchev–Trinajstić information content (AvgIpc) is 2.46. The fourth-order valence-electron chi connectivity index (χ4n) is 2.26. The lowest BCUT2D eigenvalue weighted by Crippen LogP contribution is -2.36. The summed E-state index contributed by atoms with van der Waals surface area (Å²) >= 11 is 5.45. The molecule has 1 aromatic rings. The van der Waals surface area contributed by atoms with Crippen LogP contribution in [-0.4, -0.2) is 32.5 Å². The maximum atomic E-state index is 12.1. The van der Waals surface area contributed by atoms with Crippen molar-refractivity contribution in [3.8, 4) is 0 Å². The van der Waals surface area contributed by atoms with Crippen molar-refractivity contribution in [1.29, 1.82) is 0 Å². The number of rotatable bonds is 4. The molecule has 0 spiro atoms. The largest absolute Gasteiger partial charge is 0.325 e. The van der Waals surface area contributed by atoms with Crippen LogP contribution in [0.3, 0.4) is 0 Å². The summed E-state index contributed by atoms with van der Waals surface area (Å²) in [5.41, 5.74) is 2.20. The molecule has 0 aliphatic carbocycles. The van der Waals surface area contributed by atoms with Crippen LogP contribution < -0.4 is 9.62 Å². The lowest BCUT2D eigenvalue weighted by atomic mass is 10.0. The van der Waals surface area contributed by atoms with Gasteiger partial charge < -0.3 is 5.32 Å².